The molecule has 0 unspecified atom stereocenters. The highest BCUT2D eigenvalue weighted by atomic mass is 32.2. The summed E-state index contributed by atoms with van der Waals surface area (Å²) in [5.41, 5.74) is 1.69. The molecule has 0 spiro atoms. The molecular formula is C22H26N6O4S. The highest BCUT2D eigenvalue weighted by molar-refractivity contribution is 7.90. The number of hydrogen-bond donors (Lipinski definition) is 0. The second-order valence-electron chi connectivity index (χ2n) is 8.18. The van der Waals surface area contributed by atoms with Gasteiger partial charge in [-0.25, -0.2) is 18.2 Å². The van der Waals surface area contributed by atoms with Crippen LogP contribution in [0.25, 0.3) is 11.5 Å². The van der Waals surface area contributed by atoms with Gasteiger partial charge in [0.2, 0.25) is 0 Å². The van der Waals surface area contributed by atoms with Crippen LogP contribution in [0.15, 0.2) is 41.6 Å². The number of urea groups is 1. The molecule has 1 aliphatic heterocycles. The summed E-state index contributed by atoms with van der Waals surface area (Å²) in [6, 6.07) is 8.47. The van der Waals surface area contributed by atoms with Crippen LogP contribution < -0.4 is 14.5 Å². The van der Waals surface area contributed by atoms with Crippen molar-refractivity contribution < 1.29 is 17.9 Å². The van der Waals surface area contributed by atoms with Gasteiger partial charge in [0.15, 0.2) is 15.7 Å². The number of nitrogens with zero attached hydrogens (tertiary/aromatic N) is 6. The number of carbonyl (C=O) groups is 1. The second-order valence-corrected chi connectivity index (χ2v) is 10.2. The molecule has 1 fully saturated rings. The van der Waals surface area contributed by atoms with Crippen molar-refractivity contribution in [3.63, 3.8) is 0 Å². The number of ether oxygens (including phenoxy) is 1. The molecule has 1 aromatic carbocycles. The smallest absolute Gasteiger partial charge is 0.330 e. The third kappa shape index (κ3) is 4.15. The topological polar surface area (TPSA) is 111 Å². The highest BCUT2D eigenvalue weighted by Crippen LogP contribution is 2.36. The molecule has 1 aliphatic rings. The van der Waals surface area contributed by atoms with Gasteiger partial charge < -0.3 is 9.30 Å². The van der Waals surface area contributed by atoms with Gasteiger partial charge in [0.25, 0.3) is 0 Å². The lowest BCUT2D eigenvalue weighted by atomic mass is 10.2. The van der Waals surface area contributed by atoms with Crippen molar-refractivity contribution in [2.45, 2.75) is 31.7 Å². The van der Waals surface area contributed by atoms with Gasteiger partial charge in [-0.15, -0.1) is 10.2 Å². The number of methoxy groups -OCH3 is 1. The van der Waals surface area contributed by atoms with Crippen molar-refractivity contribution in [2.24, 2.45) is 0 Å². The van der Waals surface area contributed by atoms with E-state index in [1.165, 1.54) is 13.2 Å². The van der Waals surface area contributed by atoms with E-state index in [0.29, 0.717) is 47.4 Å². The average molecular weight is 471 g/mol. The maximum Gasteiger partial charge on any atom is 0.330 e. The van der Waals surface area contributed by atoms with Crippen molar-refractivity contribution in [1.29, 1.82) is 0 Å². The minimum absolute atomic E-state index is 0.162. The molecule has 3 heterocycles. The maximum absolute atomic E-state index is 13.3. The molecule has 3 aromatic rings. The number of benzene rings is 1. The Hall–Kier alpha value is -3.47. The van der Waals surface area contributed by atoms with Crippen molar-refractivity contribution in [1.82, 2.24) is 19.7 Å². The van der Waals surface area contributed by atoms with Gasteiger partial charge in [0.1, 0.15) is 23.6 Å². The zero-order valence-corrected chi connectivity index (χ0v) is 20.0. The summed E-state index contributed by atoms with van der Waals surface area (Å²) in [6.45, 7) is 6.59. The molecule has 2 aromatic heterocycles. The molecule has 11 heteroatoms. The van der Waals surface area contributed by atoms with Crippen molar-refractivity contribution in [2.75, 3.05) is 36.3 Å². The lowest BCUT2D eigenvalue weighted by molar-refractivity contribution is 0.255. The summed E-state index contributed by atoms with van der Waals surface area (Å²) in [5, 5.41) is 8.18. The minimum atomic E-state index is -3.43. The Kier molecular flexibility index (Phi) is 5.83. The molecule has 0 radical (unpaired) electrons. The summed E-state index contributed by atoms with van der Waals surface area (Å²) in [5.74, 6) is 1.45. The maximum atomic E-state index is 13.3. The quantitative estimate of drug-likeness (QED) is 0.544. The van der Waals surface area contributed by atoms with Crippen molar-refractivity contribution in [3.8, 4) is 17.3 Å². The number of rotatable bonds is 6. The monoisotopic (exact) mass is 470 g/mol. The first kappa shape index (κ1) is 22.7. The van der Waals surface area contributed by atoms with E-state index < -0.39 is 9.84 Å². The van der Waals surface area contributed by atoms with E-state index in [0.717, 1.165) is 6.26 Å². The van der Waals surface area contributed by atoms with Gasteiger partial charge in [-0.1, -0.05) is 6.07 Å². The van der Waals surface area contributed by atoms with Crippen LogP contribution in [0.4, 0.5) is 16.3 Å². The summed E-state index contributed by atoms with van der Waals surface area (Å²) < 4.78 is 31.5. The van der Waals surface area contributed by atoms with Gasteiger partial charge in [-0.3, -0.25) is 9.80 Å². The molecule has 174 valence electrons. The molecule has 4 rings (SSSR count). The van der Waals surface area contributed by atoms with Crippen LogP contribution in [0.3, 0.4) is 0 Å². The molecule has 0 N–H and O–H groups in total. The van der Waals surface area contributed by atoms with E-state index in [-0.39, 0.29) is 17.0 Å². The number of sulfone groups is 1. The molecular weight excluding hydrogens is 444 g/mol. The van der Waals surface area contributed by atoms with Crippen LogP contribution in [-0.4, -0.2) is 60.7 Å². The van der Waals surface area contributed by atoms with Gasteiger partial charge in [0.05, 0.1) is 17.7 Å². The van der Waals surface area contributed by atoms with E-state index in [9.17, 15) is 13.2 Å². The lowest BCUT2D eigenvalue weighted by Crippen LogP contribution is -2.32. The van der Waals surface area contributed by atoms with Crippen LogP contribution in [0.2, 0.25) is 0 Å². The first-order chi connectivity index (χ1) is 15.6. The fraction of sp³-hybridized carbons (Fsp3) is 0.364. The molecule has 10 nitrogen and oxygen atoms in total. The van der Waals surface area contributed by atoms with Crippen LogP contribution in [-0.2, 0) is 9.84 Å². The Morgan fingerprint density at radius 2 is 1.85 bits per heavy atom. The van der Waals surface area contributed by atoms with Gasteiger partial charge in [-0.2, -0.15) is 0 Å². The van der Waals surface area contributed by atoms with Crippen LogP contribution >= 0.6 is 0 Å². The van der Waals surface area contributed by atoms with Crippen molar-refractivity contribution in [3.05, 3.63) is 42.2 Å². The number of hydrogen-bond acceptors (Lipinski definition) is 7. The summed E-state index contributed by atoms with van der Waals surface area (Å²) >= 11 is 0. The largest absolute Gasteiger partial charge is 0.495 e. The van der Waals surface area contributed by atoms with Crippen LogP contribution in [0.5, 0.6) is 5.75 Å². The lowest BCUT2D eigenvalue weighted by Gasteiger charge is -2.22. The molecule has 33 heavy (non-hydrogen) atoms. The van der Waals surface area contributed by atoms with Crippen molar-refractivity contribution >= 4 is 27.4 Å². The fourth-order valence-electron chi connectivity index (χ4n) is 3.90. The molecule has 2 amide bonds. The number of aromatic nitrogens is 4. The number of pyridine rings is 1. The molecule has 0 aliphatic carbocycles. The minimum Gasteiger partial charge on any atom is -0.495 e. The van der Waals surface area contributed by atoms with E-state index in [1.54, 1.807) is 35.2 Å². The third-order valence-electron chi connectivity index (χ3n) is 5.55. The standard InChI is InChI=1S/C22H26N6O4S/c1-14(2)28-13-23-25-21(28)16-7-6-8-20(24-16)27-10-9-26(22(27)29)17-11-15(3)19(33(5,30)31)12-18(17)32-4/h6-8,11-14H,9-10H2,1-5H3. The van der Waals surface area contributed by atoms with Crippen LogP contribution in [0.1, 0.15) is 25.5 Å². The predicted molar refractivity (Wildman–Crippen MR) is 125 cm³/mol. The SMILES string of the molecule is COc1cc(S(C)(=O)=O)c(C)cc1N1CCN(c2cccc(-c3nncn3C(C)C)n2)C1=O. The Labute approximate surface area is 192 Å². The summed E-state index contributed by atoms with van der Waals surface area (Å²) in [7, 11) is -1.97. The van der Waals surface area contributed by atoms with Gasteiger partial charge >= 0.3 is 6.03 Å². The Balaban J connectivity index is 1.67. The summed E-state index contributed by atoms with van der Waals surface area (Å²) in [4.78, 5) is 21.3. The zero-order valence-electron chi connectivity index (χ0n) is 19.2. The van der Waals surface area contributed by atoms with E-state index in [2.05, 4.69) is 15.2 Å². The van der Waals surface area contributed by atoms with Crippen LogP contribution in [0, 0.1) is 6.92 Å². The first-order valence-electron chi connectivity index (χ1n) is 10.5. The zero-order chi connectivity index (χ0) is 23.9. The Morgan fingerprint density at radius 1 is 1.12 bits per heavy atom. The molecule has 0 atom stereocenters. The van der Waals surface area contributed by atoms with Gasteiger partial charge in [0, 0.05) is 31.5 Å². The fourth-order valence-corrected chi connectivity index (χ4v) is 4.87. The van der Waals surface area contributed by atoms with E-state index in [1.807, 2.05) is 30.5 Å². The second kappa shape index (κ2) is 8.47. The predicted octanol–water partition coefficient (Wildman–Crippen LogP) is 3.09. The highest BCUT2D eigenvalue weighted by Gasteiger charge is 2.34. The molecule has 1 saturated heterocycles. The first-order valence-corrected chi connectivity index (χ1v) is 12.4. The normalized spacial score (nSPS) is 14.4. The molecule has 0 bridgehead atoms. The average Bonchev–Trinajstić information content (AvgIpc) is 3.40. The Morgan fingerprint density at radius 3 is 2.52 bits per heavy atom. The third-order valence-corrected chi connectivity index (χ3v) is 6.78. The number of carbonyl (C=O) groups excluding carboxylic acids is 1. The summed E-state index contributed by atoms with van der Waals surface area (Å²) in [6.07, 6.45) is 2.81. The van der Waals surface area contributed by atoms with Gasteiger partial charge in [-0.05, 0) is 44.5 Å². The number of aryl methyl sites for hydroxylation is 1. The number of anilines is 2. The van der Waals surface area contributed by atoms with E-state index >= 15 is 0 Å². The molecule has 0 saturated carbocycles. The van der Waals surface area contributed by atoms with E-state index in [4.69, 9.17) is 4.74 Å². The number of amides is 2. The Bertz CT molecular complexity index is 1320.